The molecule has 0 fully saturated rings. The maximum atomic E-state index is 11.3. The minimum absolute atomic E-state index is 0.0144. The van der Waals surface area contributed by atoms with Crippen molar-refractivity contribution in [3.63, 3.8) is 0 Å². The molecule has 1 aromatic heterocycles. The lowest BCUT2D eigenvalue weighted by Crippen LogP contribution is -2.30. The molecule has 1 heterocycles. The largest absolute Gasteiger partial charge is 0.367 e. The quantitative estimate of drug-likeness (QED) is 0.649. The molecule has 1 atom stereocenters. The van der Waals surface area contributed by atoms with Crippen molar-refractivity contribution in [3.8, 4) is 0 Å². The minimum atomic E-state index is -0.0266. The number of carbonyl (C=O) groups is 1. The predicted octanol–water partition coefficient (Wildman–Crippen LogP) is 0.758. The molecule has 78 valence electrons. The van der Waals surface area contributed by atoms with Crippen molar-refractivity contribution in [3.05, 3.63) is 24.0 Å². The molecule has 4 heteroatoms. The van der Waals surface area contributed by atoms with E-state index in [1.807, 2.05) is 25.4 Å². The maximum absolute atomic E-state index is 11.3. The molecule has 1 aromatic rings. The van der Waals surface area contributed by atoms with Crippen LogP contribution >= 0.6 is 0 Å². The molecule has 0 aliphatic rings. The Morgan fingerprint density at radius 3 is 3.07 bits per heavy atom. The van der Waals surface area contributed by atoms with E-state index in [0.29, 0.717) is 13.0 Å². The molecule has 4 N–H and O–H groups in total. The number of hydrogen-bond donors (Lipinski definition) is 3. The lowest BCUT2D eigenvalue weighted by atomic mass is 10.1. The van der Waals surface area contributed by atoms with Crippen LogP contribution in [0.5, 0.6) is 0 Å². The fraction of sp³-hybridized carbons (Fsp3) is 0.500. The van der Waals surface area contributed by atoms with Gasteiger partial charge in [0, 0.05) is 31.4 Å². The molecule has 0 saturated carbocycles. The van der Waals surface area contributed by atoms with E-state index in [1.54, 1.807) is 0 Å². The molecule has 1 rings (SSSR count). The van der Waals surface area contributed by atoms with Gasteiger partial charge in [-0.3, -0.25) is 4.79 Å². The van der Waals surface area contributed by atoms with Crippen molar-refractivity contribution in [2.45, 2.75) is 32.4 Å². The highest BCUT2D eigenvalue weighted by Crippen LogP contribution is 1.97. The summed E-state index contributed by atoms with van der Waals surface area (Å²) in [7, 11) is 0. The Balaban J connectivity index is 2.22. The van der Waals surface area contributed by atoms with Crippen LogP contribution in [-0.4, -0.2) is 16.9 Å². The summed E-state index contributed by atoms with van der Waals surface area (Å²) in [5.74, 6) is 0.0144. The predicted molar refractivity (Wildman–Crippen MR) is 55.5 cm³/mol. The van der Waals surface area contributed by atoms with Gasteiger partial charge in [0.15, 0.2) is 0 Å². The van der Waals surface area contributed by atoms with Gasteiger partial charge in [0.1, 0.15) is 0 Å². The number of amides is 1. The summed E-state index contributed by atoms with van der Waals surface area (Å²) in [5, 5.41) is 2.81. The highest BCUT2D eigenvalue weighted by atomic mass is 16.1. The van der Waals surface area contributed by atoms with Gasteiger partial charge in [-0.05, 0) is 18.1 Å². The van der Waals surface area contributed by atoms with Gasteiger partial charge in [-0.25, -0.2) is 0 Å². The van der Waals surface area contributed by atoms with Crippen LogP contribution in [0.4, 0.5) is 0 Å². The first-order valence-corrected chi connectivity index (χ1v) is 4.86. The zero-order chi connectivity index (χ0) is 10.4. The number of nitrogens with two attached hydrogens (primary N) is 1. The first kappa shape index (κ1) is 10.8. The number of aromatic nitrogens is 1. The number of hydrogen-bond acceptors (Lipinski definition) is 2. The summed E-state index contributed by atoms with van der Waals surface area (Å²) in [6, 6.07) is 1.90. The van der Waals surface area contributed by atoms with Crippen LogP contribution in [0.3, 0.4) is 0 Å². The van der Waals surface area contributed by atoms with Crippen LogP contribution < -0.4 is 11.1 Å². The Labute approximate surface area is 83.9 Å². The van der Waals surface area contributed by atoms with Crippen molar-refractivity contribution < 1.29 is 4.79 Å². The SMILES string of the molecule is CCC(N)CC(=O)NCc1cc[nH]c1. The lowest BCUT2D eigenvalue weighted by Gasteiger charge is -2.08. The zero-order valence-electron chi connectivity index (χ0n) is 8.42. The van der Waals surface area contributed by atoms with E-state index in [2.05, 4.69) is 10.3 Å². The molecular weight excluding hydrogens is 178 g/mol. The summed E-state index contributed by atoms with van der Waals surface area (Å²) in [4.78, 5) is 14.2. The second-order valence-corrected chi connectivity index (χ2v) is 3.37. The van der Waals surface area contributed by atoms with Gasteiger partial charge >= 0.3 is 0 Å². The van der Waals surface area contributed by atoms with Crippen LogP contribution in [-0.2, 0) is 11.3 Å². The molecule has 0 spiro atoms. The van der Waals surface area contributed by atoms with E-state index in [0.717, 1.165) is 12.0 Å². The second kappa shape index (κ2) is 5.44. The van der Waals surface area contributed by atoms with Crippen LogP contribution in [0.1, 0.15) is 25.3 Å². The van der Waals surface area contributed by atoms with Gasteiger partial charge in [-0.15, -0.1) is 0 Å². The van der Waals surface area contributed by atoms with Crippen LogP contribution in [0, 0.1) is 0 Å². The van der Waals surface area contributed by atoms with E-state index >= 15 is 0 Å². The van der Waals surface area contributed by atoms with E-state index in [1.165, 1.54) is 0 Å². The summed E-state index contributed by atoms with van der Waals surface area (Å²) < 4.78 is 0. The third-order valence-corrected chi connectivity index (χ3v) is 2.12. The first-order valence-electron chi connectivity index (χ1n) is 4.86. The van der Waals surface area contributed by atoms with Gasteiger partial charge in [-0.2, -0.15) is 0 Å². The molecule has 0 aromatic carbocycles. The fourth-order valence-electron chi connectivity index (χ4n) is 1.12. The fourth-order valence-corrected chi connectivity index (χ4v) is 1.12. The van der Waals surface area contributed by atoms with Gasteiger partial charge < -0.3 is 16.0 Å². The molecule has 0 radical (unpaired) electrons. The number of H-pyrrole nitrogens is 1. The standard InChI is InChI=1S/C10H17N3O/c1-2-9(11)5-10(14)13-7-8-3-4-12-6-8/h3-4,6,9,12H,2,5,7,11H2,1H3,(H,13,14). The second-order valence-electron chi connectivity index (χ2n) is 3.37. The minimum Gasteiger partial charge on any atom is -0.367 e. The third kappa shape index (κ3) is 3.62. The van der Waals surface area contributed by atoms with Crippen LogP contribution in [0.25, 0.3) is 0 Å². The number of nitrogens with one attached hydrogen (secondary N) is 2. The van der Waals surface area contributed by atoms with Gasteiger partial charge in [0.05, 0.1) is 0 Å². The Kier molecular flexibility index (Phi) is 4.19. The van der Waals surface area contributed by atoms with E-state index < -0.39 is 0 Å². The van der Waals surface area contributed by atoms with Crippen molar-refractivity contribution in [1.82, 2.24) is 10.3 Å². The number of aromatic amines is 1. The van der Waals surface area contributed by atoms with E-state index in [-0.39, 0.29) is 11.9 Å². The van der Waals surface area contributed by atoms with Crippen molar-refractivity contribution in [2.75, 3.05) is 0 Å². The van der Waals surface area contributed by atoms with Crippen molar-refractivity contribution in [2.24, 2.45) is 5.73 Å². The lowest BCUT2D eigenvalue weighted by molar-refractivity contribution is -0.121. The summed E-state index contributed by atoms with van der Waals surface area (Å²) >= 11 is 0. The summed E-state index contributed by atoms with van der Waals surface area (Å²) in [6.07, 6.45) is 4.93. The van der Waals surface area contributed by atoms with Crippen molar-refractivity contribution >= 4 is 5.91 Å². The van der Waals surface area contributed by atoms with Gasteiger partial charge in [0.2, 0.25) is 5.91 Å². The molecule has 1 amide bonds. The number of rotatable bonds is 5. The maximum Gasteiger partial charge on any atom is 0.221 e. The molecule has 0 saturated heterocycles. The normalized spacial score (nSPS) is 12.4. The van der Waals surface area contributed by atoms with Crippen molar-refractivity contribution in [1.29, 1.82) is 0 Å². The highest BCUT2D eigenvalue weighted by molar-refractivity contribution is 5.76. The van der Waals surface area contributed by atoms with Crippen LogP contribution in [0.2, 0.25) is 0 Å². The summed E-state index contributed by atoms with van der Waals surface area (Å²) in [6.45, 7) is 2.54. The van der Waals surface area contributed by atoms with Crippen LogP contribution in [0.15, 0.2) is 18.5 Å². The summed E-state index contributed by atoms with van der Waals surface area (Å²) in [5.41, 5.74) is 6.73. The molecule has 14 heavy (non-hydrogen) atoms. The molecule has 0 aliphatic carbocycles. The molecule has 1 unspecified atom stereocenters. The van der Waals surface area contributed by atoms with E-state index in [9.17, 15) is 4.79 Å². The highest BCUT2D eigenvalue weighted by Gasteiger charge is 2.06. The smallest absolute Gasteiger partial charge is 0.221 e. The topological polar surface area (TPSA) is 70.9 Å². The average Bonchev–Trinajstić information content (AvgIpc) is 2.67. The Morgan fingerprint density at radius 2 is 2.50 bits per heavy atom. The Bertz CT molecular complexity index is 269. The number of carbonyl (C=O) groups excluding carboxylic acids is 1. The molecule has 0 aliphatic heterocycles. The third-order valence-electron chi connectivity index (χ3n) is 2.12. The average molecular weight is 195 g/mol. The first-order chi connectivity index (χ1) is 6.72. The monoisotopic (exact) mass is 195 g/mol. The Hall–Kier alpha value is -1.29. The molecular formula is C10H17N3O. The zero-order valence-corrected chi connectivity index (χ0v) is 8.42. The Morgan fingerprint density at radius 1 is 1.71 bits per heavy atom. The molecule has 0 bridgehead atoms. The van der Waals surface area contributed by atoms with Gasteiger partial charge in [0.25, 0.3) is 0 Å². The van der Waals surface area contributed by atoms with E-state index in [4.69, 9.17) is 5.73 Å². The molecule has 4 nitrogen and oxygen atoms in total. The van der Waals surface area contributed by atoms with Gasteiger partial charge in [-0.1, -0.05) is 6.92 Å².